The smallest absolute Gasteiger partial charge is 0.0361 e. The van der Waals surface area contributed by atoms with Crippen molar-refractivity contribution in [2.45, 2.75) is 25.7 Å². The van der Waals surface area contributed by atoms with Crippen molar-refractivity contribution < 1.29 is 0 Å². The van der Waals surface area contributed by atoms with Gasteiger partial charge in [-0.3, -0.25) is 0 Å². The summed E-state index contributed by atoms with van der Waals surface area (Å²) in [6.07, 6.45) is 18.4. The summed E-state index contributed by atoms with van der Waals surface area (Å²) in [5.74, 6) is 0.495. The minimum Gasteiger partial charge on any atom is -0.135 e. The van der Waals surface area contributed by atoms with E-state index in [1.165, 1.54) is 63.3 Å². The number of fused-ring (bicyclic) bond motifs is 3. The molecule has 1 heterocycles. The molecule has 4 aromatic rings. The molecule has 0 N–H and O–H groups in total. The zero-order chi connectivity index (χ0) is 20.5. The molecule has 0 amide bonds. The van der Waals surface area contributed by atoms with Crippen molar-refractivity contribution in [1.29, 1.82) is 0 Å². The van der Waals surface area contributed by atoms with Crippen LogP contribution in [-0.2, 0) is 0 Å². The van der Waals surface area contributed by atoms with Crippen LogP contribution < -0.4 is 20.2 Å². The van der Waals surface area contributed by atoms with Gasteiger partial charge in [0.05, 0.1) is 0 Å². The van der Waals surface area contributed by atoms with Gasteiger partial charge in [-0.15, -0.1) is 11.3 Å². The molecule has 7 rings (SSSR count). The molecule has 0 fully saturated rings. The van der Waals surface area contributed by atoms with Crippen molar-refractivity contribution in [2.75, 3.05) is 0 Å². The zero-order valence-corrected chi connectivity index (χ0v) is 18.3. The van der Waals surface area contributed by atoms with E-state index >= 15 is 0 Å². The summed E-state index contributed by atoms with van der Waals surface area (Å²) >= 11 is 1.92. The molecule has 1 atom stereocenters. The third-order valence-corrected chi connectivity index (χ3v) is 8.29. The lowest BCUT2D eigenvalue weighted by atomic mass is 9.79. The molecule has 3 aliphatic rings. The standard InChI is InChI=1S/C30H22S/c1-18-7-8-19-11-16-26-23(14-10-20-9-13-22(18)29(19)30(20)26)21-12-15-25-24-5-3-2-4-6-27(24)31-28(25)17-21/h2-3,5-8,10-17,20H,4,9H2,1H3. The number of rotatable bonds is 1. The molecule has 148 valence electrons. The number of hydrogen-bond donors (Lipinski definition) is 0. The lowest BCUT2D eigenvalue weighted by Gasteiger charge is -2.25. The highest BCUT2D eigenvalue weighted by Crippen LogP contribution is 2.33. The molecule has 3 aliphatic carbocycles. The monoisotopic (exact) mass is 414 g/mol. The van der Waals surface area contributed by atoms with Crippen molar-refractivity contribution in [1.82, 2.24) is 0 Å². The number of hydrogen-bond acceptors (Lipinski definition) is 1. The fourth-order valence-corrected chi connectivity index (χ4v) is 6.77. The molecule has 0 saturated heterocycles. The van der Waals surface area contributed by atoms with Gasteiger partial charge in [0.1, 0.15) is 0 Å². The molecule has 0 nitrogen and oxygen atoms in total. The van der Waals surface area contributed by atoms with E-state index in [9.17, 15) is 0 Å². The van der Waals surface area contributed by atoms with Gasteiger partial charge in [0.2, 0.25) is 0 Å². The molecule has 3 aromatic carbocycles. The first-order chi connectivity index (χ1) is 15.3. The van der Waals surface area contributed by atoms with Gasteiger partial charge in [-0.25, -0.2) is 0 Å². The Morgan fingerprint density at radius 3 is 2.87 bits per heavy atom. The van der Waals surface area contributed by atoms with Crippen LogP contribution in [0.5, 0.6) is 0 Å². The molecule has 0 saturated carbocycles. The second-order valence-electron chi connectivity index (χ2n) is 8.87. The van der Waals surface area contributed by atoms with Crippen LogP contribution in [0.3, 0.4) is 0 Å². The predicted octanol–water partition coefficient (Wildman–Crippen LogP) is 4.92. The van der Waals surface area contributed by atoms with Crippen molar-refractivity contribution in [3.05, 3.63) is 104 Å². The molecule has 1 aromatic heterocycles. The maximum Gasteiger partial charge on any atom is 0.0361 e. The molecule has 0 bridgehead atoms. The third-order valence-electron chi connectivity index (χ3n) is 7.12. The SMILES string of the molecule is Cc1ccc2ccc3c4c2c1=CCC4C=CC=3c1ccc2c3c(sc2c1)=CCC=CC=3. The first-order valence-corrected chi connectivity index (χ1v) is 11.9. The summed E-state index contributed by atoms with van der Waals surface area (Å²) in [6.45, 7) is 2.24. The van der Waals surface area contributed by atoms with Crippen LogP contribution in [0.15, 0.2) is 66.8 Å². The van der Waals surface area contributed by atoms with E-state index in [-0.39, 0.29) is 0 Å². The highest BCUT2D eigenvalue weighted by Gasteiger charge is 2.22. The van der Waals surface area contributed by atoms with E-state index in [0.717, 1.165) is 12.8 Å². The maximum absolute atomic E-state index is 2.45. The van der Waals surface area contributed by atoms with E-state index in [1.807, 2.05) is 11.3 Å². The quantitative estimate of drug-likeness (QED) is 0.415. The van der Waals surface area contributed by atoms with Gasteiger partial charge in [-0.2, -0.15) is 0 Å². The molecule has 1 heteroatoms. The van der Waals surface area contributed by atoms with Gasteiger partial charge in [0.25, 0.3) is 0 Å². The Hall–Kier alpha value is -3.16. The third kappa shape index (κ3) is 2.47. The van der Waals surface area contributed by atoms with E-state index < -0.39 is 0 Å². The summed E-state index contributed by atoms with van der Waals surface area (Å²) in [6, 6.07) is 16.3. The Bertz CT molecular complexity index is 1740. The second kappa shape index (κ2) is 6.42. The summed E-state index contributed by atoms with van der Waals surface area (Å²) < 4.78 is 2.78. The summed E-state index contributed by atoms with van der Waals surface area (Å²) in [4.78, 5) is 0. The van der Waals surface area contributed by atoms with Gasteiger partial charge < -0.3 is 0 Å². The maximum atomic E-state index is 2.45. The fourth-order valence-electron chi connectivity index (χ4n) is 5.60. The largest absolute Gasteiger partial charge is 0.135 e. The highest BCUT2D eigenvalue weighted by molar-refractivity contribution is 7.17. The van der Waals surface area contributed by atoms with Crippen molar-refractivity contribution in [3.63, 3.8) is 0 Å². The second-order valence-corrected chi connectivity index (χ2v) is 9.95. The van der Waals surface area contributed by atoms with E-state index in [4.69, 9.17) is 0 Å². The van der Waals surface area contributed by atoms with Crippen LogP contribution in [-0.4, -0.2) is 0 Å². The number of aryl methyl sites for hydroxylation is 1. The van der Waals surface area contributed by atoms with Gasteiger partial charge in [0, 0.05) is 20.5 Å². The van der Waals surface area contributed by atoms with Crippen molar-refractivity contribution in [3.8, 4) is 0 Å². The van der Waals surface area contributed by atoms with E-state index in [1.54, 1.807) is 0 Å². The van der Waals surface area contributed by atoms with Crippen LogP contribution in [0.1, 0.15) is 35.4 Å². The van der Waals surface area contributed by atoms with Gasteiger partial charge in [-0.1, -0.05) is 78.9 Å². The topological polar surface area (TPSA) is 0 Å². The minimum atomic E-state index is 0.495. The molecular weight excluding hydrogens is 392 g/mol. The number of benzene rings is 3. The van der Waals surface area contributed by atoms with E-state index in [0.29, 0.717) is 5.92 Å². The van der Waals surface area contributed by atoms with Crippen molar-refractivity contribution in [2.24, 2.45) is 0 Å². The van der Waals surface area contributed by atoms with Crippen molar-refractivity contribution >= 4 is 56.0 Å². The molecular formula is C30H22S. The lowest BCUT2D eigenvalue weighted by Crippen LogP contribution is -2.26. The lowest BCUT2D eigenvalue weighted by molar-refractivity contribution is 0.874. The molecule has 1 unspecified atom stereocenters. The summed E-state index contributed by atoms with van der Waals surface area (Å²) in [5.41, 5.74) is 5.61. The van der Waals surface area contributed by atoms with Crippen LogP contribution in [0, 0.1) is 6.92 Å². The van der Waals surface area contributed by atoms with Crippen LogP contribution >= 0.6 is 11.3 Å². The van der Waals surface area contributed by atoms with Crippen LogP contribution in [0.25, 0.3) is 44.7 Å². The average molecular weight is 415 g/mol. The molecule has 0 spiro atoms. The molecule has 31 heavy (non-hydrogen) atoms. The summed E-state index contributed by atoms with van der Waals surface area (Å²) in [7, 11) is 0. The number of allylic oxidation sites excluding steroid dienone is 4. The zero-order valence-electron chi connectivity index (χ0n) is 17.5. The van der Waals surface area contributed by atoms with Crippen LogP contribution in [0.2, 0.25) is 0 Å². The average Bonchev–Trinajstić information content (AvgIpc) is 2.98. The Kier molecular flexibility index (Phi) is 3.63. The van der Waals surface area contributed by atoms with E-state index in [2.05, 4.69) is 91.9 Å². The Morgan fingerprint density at radius 1 is 0.968 bits per heavy atom. The predicted molar refractivity (Wildman–Crippen MR) is 135 cm³/mol. The van der Waals surface area contributed by atoms with Crippen LogP contribution in [0.4, 0.5) is 0 Å². The normalized spacial score (nSPS) is 18.4. The summed E-state index contributed by atoms with van der Waals surface area (Å²) in [5, 5.41) is 8.44. The Morgan fingerprint density at radius 2 is 1.90 bits per heavy atom. The van der Waals surface area contributed by atoms with Gasteiger partial charge in [0.15, 0.2) is 0 Å². The molecule has 0 aliphatic heterocycles. The number of thiophene rings is 1. The minimum absolute atomic E-state index is 0.495. The Labute approximate surface area is 185 Å². The first kappa shape index (κ1) is 17.5. The Balaban J connectivity index is 1.56. The molecule has 0 radical (unpaired) electrons. The first-order valence-electron chi connectivity index (χ1n) is 11.1. The highest BCUT2D eigenvalue weighted by atomic mass is 32.1. The van der Waals surface area contributed by atoms with Gasteiger partial charge >= 0.3 is 0 Å². The fraction of sp³-hybridized carbons (Fsp3) is 0.133. The van der Waals surface area contributed by atoms with Gasteiger partial charge in [-0.05, 0) is 74.5 Å².